The van der Waals surface area contributed by atoms with Crippen molar-refractivity contribution in [2.45, 2.75) is 19.8 Å². The molecule has 5 nitrogen and oxygen atoms in total. The predicted octanol–water partition coefficient (Wildman–Crippen LogP) is 3.37. The van der Waals surface area contributed by atoms with E-state index in [-0.39, 0.29) is 24.2 Å². The molecular formula is C21H23ClN2O3. The maximum absolute atomic E-state index is 12.5. The smallest absolute Gasteiger partial charge is 0.227 e. The minimum atomic E-state index is -0.346. The molecule has 1 atom stereocenters. The van der Waals surface area contributed by atoms with Crippen LogP contribution in [0.25, 0.3) is 0 Å². The minimum Gasteiger partial charge on any atom is -0.497 e. The second-order valence-corrected chi connectivity index (χ2v) is 7.09. The molecule has 0 bridgehead atoms. The van der Waals surface area contributed by atoms with E-state index in [9.17, 15) is 9.59 Å². The van der Waals surface area contributed by atoms with Crippen molar-refractivity contribution in [1.82, 2.24) is 5.32 Å². The molecule has 142 valence electrons. The van der Waals surface area contributed by atoms with Crippen LogP contribution in [0.2, 0.25) is 5.02 Å². The highest BCUT2D eigenvalue weighted by Gasteiger charge is 2.35. The average molecular weight is 387 g/mol. The van der Waals surface area contributed by atoms with Crippen LogP contribution in [0.15, 0.2) is 42.5 Å². The fourth-order valence-corrected chi connectivity index (χ4v) is 3.48. The lowest BCUT2D eigenvalue weighted by molar-refractivity contribution is -0.126. The zero-order valence-corrected chi connectivity index (χ0v) is 16.3. The summed E-state index contributed by atoms with van der Waals surface area (Å²) in [5.41, 5.74) is 2.72. The number of halogens is 1. The van der Waals surface area contributed by atoms with Gasteiger partial charge in [0.25, 0.3) is 0 Å². The third kappa shape index (κ3) is 4.42. The van der Waals surface area contributed by atoms with Gasteiger partial charge in [0.1, 0.15) is 5.75 Å². The Hall–Kier alpha value is -2.53. The molecule has 1 N–H and O–H groups in total. The molecule has 2 amide bonds. The van der Waals surface area contributed by atoms with Gasteiger partial charge in [0.15, 0.2) is 0 Å². The SMILES string of the molecule is COc1cccc(CCNC(=O)C2CC(=O)N(c3cccc(Cl)c3C)C2)c1. The number of methoxy groups -OCH3 is 1. The number of anilines is 1. The van der Waals surface area contributed by atoms with Gasteiger partial charge in [-0.2, -0.15) is 0 Å². The van der Waals surface area contributed by atoms with Crippen LogP contribution in [-0.4, -0.2) is 32.0 Å². The summed E-state index contributed by atoms with van der Waals surface area (Å²) in [5, 5.41) is 3.56. The monoisotopic (exact) mass is 386 g/mol. The normalized spacial score (nSPS) is 16.5. The maximum atomic E-state index is 12.5. The van der Waals surface area contributed by atoms with E-state index >= 15 is 0 Å². The Labute approximate surface area is 164 Å². The van der Waals surface area contributed by atoms with E-state index in [4.69, 9.17) is 16.3 Å². The van der Waals surface area contributed by atoms with Crippen molar-refractivity contribution in [2.75, 3.05) is 25.1 Å². The van der Waals surface area contributed by atoms with Gasteiger partial charge >= 0.3 is 0 Å². The topological polar surface area (TPSA) is 58.6 Å². The number of carbonyl (C=O) groups is 2. The van der Waals surface area contributed by atoms with Crippen molar-refractivity contribution in [1.29, 1.82) is 0 Å². The highest BCUT2D eigenvalue weighted by atomic mass is 35.5. The van der Waals surface area contributed by atoms with Crippen molar-refractivity contribution in [3.63, 3.8) is 0 Å². The number of carbonyl (C=O) groups excluding carboxylic acids is 2. The number of nitrogens with zero attached hydrogens (tertiary/aromatic N) is 1. The number of amides is 2. The summed E-state index contributed by atoms with van der Waals surface area (Å²) in [4.78, 5) is 26.6. The second kappa shape index (κ2) is 8.44. The maximum Gasteiger partial charge on any atom is 0.227 e. The summed E-state index contributed by atoms with van der Waals surface area (Å²) in [6, 6.07) is 13.2. The summed E-state index contributed by atoms with van der Waals surface area (Å²) in [6.45, 7) is 2.78. The van der Waals surface area contributed by atoms with Crippen LogP contribution in [0.4, 0.5) is 5.69 Å². The molecule has 0 saturated carbocycles. The van der Waals surface area contributed by atoms with Gasteiger partial charge in [-0.05, 0) is 48.7 Å². The number of ether oxygens (including phenoxy) is 1. The molecule has 1 aliphatic heterocycles. The van der Waals surface area contributed by atoms with Crippen LogP contribution < -0.4 is 15.0 Å². The van der Waals surface area contributed by atoms with Gasteiger partial charge in [0.2, 0.25) is 11.8 Å². The first-order valence-electron chi connectivity index (χ1n) is 8.95. The van der Waals surface area contributed by atoms with Crippen molar-refractivity contribution in [3.05, 3.63) is 58.6 Å². The van der Waals surface area contributed by atoms with E-state index in [0.29, 0.717) is 24.5 Å². The predicted molar refractivity (Wildman–Crippen MR) is 106 cm³/mol. The Balaban J connectivity index is 1.56. The Bertz CT molecular complexity index is 853. The highest BCUT2D eigenvalue weighted by Crippen LogP contribution is 2.31. The van der Waals surface area contributed by atoms with Gasteiger partial charge in [-0.25, -0.2) is 0 Å². The van der Waals surface area contributed by atoms with Gasteiger partial charge in [-0.3, -0.25) is 9.59 Å². The molecule has 27 heavy (non-hydrogen) atoms. The largest absolute Gasteiger partial charge is 0.497 e. The third-order valence-corrected chi connectivity index (χ3v) is 5.28. The van der Waals surface area contributed by atoms with E-state index in [1.54, 1.807) is 18.1 Å². The molecule has 0 aliphatic carbocycles. The van der Waals surface area contributed by atoms with Gasteiger partial charge in [-0.1, -0.05) is 29.8 Å². The lowest BCUT2D eigenvalue weighted by Crippen LogP contribution is -2.34. The molecule has 1 aliphatic rings. The van der Waals surface area contributed by atoms with Crippen LogP contribution >= 0.6 is 11.6 Å². The molecule has 0 aromatic heterocycles. The fourth-order valence-electron chi connectivity index (χ4n) is 3.31. The van der Waals surface area contributed by atoms with Gasteiger partial charge in [0, 0.05) is 30.2 Å². The van der Waals surface area contributed by atoms with Crippen molar-refractivity contribution in [2.24, 2.45) is 5.92 Å². The van der Waals surface area contributed by atoms with E-state index < -0.39 is 0 Å². The molecule has 2 aromatic rings. The minimum absolute atomic E-state index is 0.0479. The van der Waals surface area contributed by atoms with Crippen molar-refractivity contribution < 1.29 is 14.3 Å². The quantitative estimate of drug-likeness (QED) is 0.828. The van der Waals surface area contributed by atoms with Crippen molar-refractivity contribution in [3.8, 4) is 5.75 Å². The van der Waals surface area contributed by atoms with Gasteiger partial charge < -0.3 is 15.0 Å². The molecule has 3 rings (SSSR count). The van der Waals surface area contributed by atoms with E-state index in [1.165, 1.54) is 0 Å². The molecule has 1 heterocycles. The molecule has 0 spiro atoms. The molecule has 1 fully saturated rings. The van der Waals surface area contributed by atoms with Crippen LogP contribution in [-0.2, 0) is 16.0 Å². The zero-order valence-electron chi connectivity index (χ0n) is 15.5. The van der Waals surface area contributed by atoms with Gasteiger partial charge in [-0.15, -0.1) is 0 Å². The number of hydrogen-bond acceptors (Lipinski definition) is 3. The van der Waals surface area contributed by atoms with Gasteiger partial charge in [0.05, 0.1) is 13.0 Å². The molecule has 1 unspecified atom stereocenters. The first-order valence-corrected chi connectivity index (χ1v) is 9.33. The van der Waals surface area contributed by atoms with E-state index in [0.717, 1.165) is 22.6 Å². The average Bonchev–Trinajstić information content (AvgIpc) is 3.06. The van der Waals surface area contributed by atoms with E-state index in [1.807, 2.05) is 43.3 Å². The summed E-state index contributed by atoms with van der Waals surface area (Å²) in [7, 11) is 1.63. The molecule has 6 heteroatoms. The number of hydrogen-bond donors (Lipinski definition) is 1. The summed E-state index contributed by atoms with van der Waals surface area (Å²) in [5.74, 6) is 0.315. The molecule has 0 radical (unpaired) electrons. The Morgan fingerprint density at radius 2 is 2.07 bits per heavy atom. The molecular weight excluding hydrogens is 364 g/mol. The third-order valence-electron chi connectivity index (χ3n) is 4.87. The number of benzene rings is 2. The molecule has 2 aromatic carbocycles. The summed E-state index contributed by atoms with van der Waals surface area (Å²) < 4.78 is 5.21. The Morgan fingerprint density at radius 1 is 1.30 bits per heavy atom. The van der Waals surface area contributed by atoms with Crippen LogP contribution in [0.1, 0.15) is 17.5 Å². The lowest BCUT2D eigenvalue weighted by atomic mass is 10.1. The summed E-state index contributed by atoms with van der Waals surface area (Å²) in [6.07, 6.45) is 0.928. The van der Waals surface area contributed by atoms with Crippen molar-refractivity contribution >= 4 is 29.1 Å². The highest BCUT2D eigenvalue weighted by molar-refractivity contribution is 6.31. The second-order valence-electron chi connectivity index (χ2n) is 6.68. The number of nitrogens with one attached hydrogen (secondary N) is 1. The van der Waals surface area contributed by atoms with Crippen LogP contribution in [0, 0.1) is 12.8 Å². The fraction of sp³-hybridized carbons (Fsp3) is 0.333. The first-order chi connectivity index (χ1) is 13.0. The lowest BCUT2D eigenvalue weighted by Gasteiger charge is -2.19. The summed E-state index contributed by atoms with van der Waals surface area (Å²) >= 11 is 6.16. The Kier molecular flexibility index (Phi) is 6.01. The first kappa shape index (κ1) is 19.2. The number of rotatable bonds is 6. The standard InChI is InChI=1S/C21H23ClN2O3/c1-14-18(22)7-4-8-19(14)24-13-16(12-20(24)25)21(26)23-10-9-15-5-3-6-17(11-15)27-2/h3-8,11,16H,9-10,12-13H2,1-2H3,(H,23,26). The molecule has 1 saturated heterocycles. The Morgan fingerprint density at radius 3 is 2.85 bits per heavy atom. The van der Waals surface area contributed by atoms with E-state index in [2.05, 4.69) is 5.32 Å². The zero-order chi connectivity index (χ0) is 19.4. The van der Waals surface area contributed by atoms with Crippen LogP contribution in [0.3, 0.4) is 0 Å². The van der Waals surface area contributed by atoms with Crippen LogP contribution in [0.5, 0.6) is 5.75 Å².